The first-order valence-corrected chi connectivity index (χ1v) is 9.72. The van der Waals surface area contributed by atoms with Crippen LogP contribution in [0.4, 0.5) is 4.39 Å². The number of nitrogens with zero attached hydrogens (tertiary/aromatic N) is 3. The van der Waals surface area contributed by atoms with E-state index in [2.05, 4.69) is 9.80 Å². The average Bonchev–Trinajstić information content (AvgIpc) is 2.67. The van der Waals surface area contributed by atoms with Gasteiger partial charge in [0.25, 0.3) is 0 Å². The molecule has 0 N–H and O–H groups in total. The van der Waals surface area contributed by atoms with Crippen molar-refractivity contribution in [1.82, 2.24) is 14.7 Å². The van der Waals surface area contributed by atoms with E-state index < -0.39 is 0 Å². The minimum absolute atomic E-state index is 0.122. The lowest BCUT2D eigenvalue weighted by Crippen LogP contribution is -2.53. The zero-order valence-electron chi connectivity index (χ0n) is 15.7. The fourth-order valence-electron chi connectivity index (χ4n) is 3.86. The highest BCUT2D eigenvalue weighted by Crippen LogP contribution is 2.16. The molecule has 2 saturated heterocycles. The number of hydrogen-bond acceptors (Lipinski definition) is 4. The molecule has 1 amide bonds. The number of benzene rings is 1. The molecular formula is C20H30FN3O2. The van der Waals surface area contributed by atoms with Gasteiger partial charge in [-0.3, -0.25) is 14.6 Å². The number of ether oxygens (including phenoxy) is 1. The van der Waals surface area contributed by atoms with Crippen LogP contribution in [0.25, 0.3) is 0 Å². The smallest absolute Gasteiger partial charge is 0.237 e. The van der Waals surface area contributed by atoms with Crippen LogP contribution >= 0.6 is 0 Å². The highest BCUT2D eigenvalue weighted by Gasteiger charge is 2.26. The third kappa shape index (κ3) is 5.25. The van der Waals surface area contributed by atoms with E-state index in [4.69, 9.17) is 4.74 Å². The number of carbonyl (C=O) groups is 1. The zero-order valence-corrected chi connectivity index (χ0v) is 15.7. The lowest BCUT2D eigenvalue weighted by Gasteiger charge is -2.40. The van der Waals surface area contributed by atoms with Gasteiger partial charge in [0.15, 0.2) is 0 Å². The Balaban J connectivity index is 1.46. The molecule has 3 rings (SSSR count). The van der Waals surface area contributed by atoms with Gasteiger partial charge in [-0.15, -0.1) is 0 Å². The average molecular weight is 363 g/mol. The third-order valence-corrected chi connectivity index (χ3v) is 5.47. The first-order valence-electron chi connectivity index (χ1n) is 9.72. The summed E-state index contributed by atoms with van der Waals surface area (Å²) >= 11 is 0. The molecule has 0 radical (unpaired) electrons. The molecule has 0 spiro atoms. The summed E-state index contributed by atoms with van der Waals surface area (Å²) in [6.45, 7) is 9.17. The number of hydrogen-bond donors (Lipinski definition) is 0. The lowest BCUT2D eigenvalue weighted by atomic mass is 10.1. The van der Waals surface area contributed by atoms with Crippen LogP contribution in [0.1, 0.15) is 25.3 Å². The maximum absolute atomic E-state index is 13.4. The number of piperazine rings is 1. The van der Waals surface area contributed by atoms with Gasteiger partial charge >= 0.3 is 0 Å². The molecule has 2 aliphatic heterocycles. The van der Waals surface area contributed by atoms with E-state index in [0.29, 0.717) is 25.7 Å². The second kappa shape index (κ2) is 9.44. The van der Waals surface area contributed by atoms with Crippen LogP contribution in [-0.4, -0.2) is 79.1 Å². The van der Waals surface area contributed by atoms with Crippen molar-refractivity contribution in [2.24, 2.45) is 0 Å². The van der Waals surface area contributed by atoms with Crippen LogP contribution in [-0.2, 0) is 16.1 Å². The Bertz CT molecular complexity index is 584. The third-order valence-electron chi connectivity index (χ3n) is 5.47. The molecule has 1 aromatic rings. The molecule has 0 aliphatic carbocycles. The van der Waals surface area contributed by atoms with Crippen LogP contribution < -0.4 is 0 Å². The van der Waals surface area contributed by atoms with E-state index in [1.54, 1.807) is 11.0 Å². The van der Waals surface area contributed by atoms with E-state index in [1.807, 2.05) is 13.0 Å². The van der Waals surface area contributed by atoms with Crippen molar-refractivity contribution in [3.05, 3.63) is 35.6 Å². The molecular weight excluding hydrogens is 333 g/mol. The summed E-state index contributed by atoms with van der Waals surface area (Å²) in [6, 6.07) is 7.13. The monoisotopic (exact) mass is 363 g/mol. The van der Waals surface area contributed by atoms with Crippen molar-refractivity contribution in [2.45, 2.75) is 32.4 Å². The Morgan fingerprint density at radius 3 is 2.62 bits per heavy atom. The van der Waals surface area contributed by atoms with Gasteiger partial charge in [-0.25, -0.2) is 4.39 Å². The summed E-state index contributed by atoms with van der Waals surface area (Å²) in [5, 5.41) is 0. The molecule has 2 fully saturated rings. The van der Waals surface area contributed by atoms with E-state index >= 15 is 0 Å². The highest BCUT2D eigenvalue weighted by atomic mass is 19.1. The summed E-state index contributed by atoms with van der Waals surface area (Å²) in [5.74, 6) is -0.133. The van der Waals surface area contributed by atoms with Crippen molar-refractivity contribution in [3.8, 4) is 0 Å². The molecule has 0 aromatic heterocycles. The molecule has 0 bridgehead atoms. The number of rotatable bonds is 6. The molecule has 26 heavy (non-hydrogen) atoms. The largest absolute Gasteiger partial charge is 0.381 e. The number of amides is 1. The lowest BCUT2D eigenvalue weighted by molar-refractivity contribution is -0.133. The van der Waals surface area contributed by atoms with Gasteiger partial charge < -0.3 is 9.64 Å². The summed E-state index contributed by atoms with van der Waals surface area (Å²) in [6.07, 6.45) is 2.24. The summed E-state index contributed by atoms with van der Waals surface area (Å²) in [7, 11) is 0. The van der Waals surface area contributed by atoms with Crippen LogP contribution in [0.3, 0.4) is 0 Å². The van der Waals surface area contributed by atoms with Gasteiger partial charge in [-0.1, -0.05) is 12.1 Å². The van der Waals surface area contributed by atoms with Crippen molar-refractivity contribution < 1.29 is 13.9 Å². The molecule has 0 unspecified atom stereocenters. The molecule has 144 valence electrons. The Morgan fingerprint density at radius 1 is 1.23 bits per heavy atom. The topological polar surface area (TPSA) is 36.0 Å². The standard InChI is InChI=1S/C20H30FN3O2/c1-2-23(15-17-4-3-5-18(21)14-17)20(25)16-22-8-10-24(11-9-22)19-6-12-26-13-7-19/h3-5,14,19H,2,6-13,15-16H2,1H3. The van der Waals surface area contributed by atoms with Gasteiger partial charge in [-0.2, -0.15) is 0 Å². The molecule has 0 atom stereocenters. The number of carbonyl (C=O) groups excluding carboxylic acids is 1. The van der Waals surface area contributed by atoms with Crippen molar-refractivity contribution >= 4 is 5.91 Å². The summed E-state index contributed by atoms with van der Waals surface area (Å²) in [5.41, 5.74) is 0.838. The Kier molecular flexibility index (Phi) is 7.00. The van der Waals surface area contributed by atoms with Crippen LogP contribution in [0.5, 0.6) is 0 Å². The van der Waals surface area contributed by atoms with Crippen LogP contribution in [0.15, 0.2) is 24.3 Å². The fourth-order valence-corrected chi connectivity index (χ4v) is 3.86. The fraction of sp³-hybridized carbons (Fsp3) is 0.650. The Morgan fingerprint density at radius 2 is 1.96 bits per heavy atom. The molecule has 0 saturated carbocycles. The van der Waals surface area contributed by atoms with E-state index in [9.17, 15) is 9.18 Å². The first kappa shape index (κ1) is 19.3. The maximum atomic E-state index is 13.4. The SMILES string of the molecule is CCN(Cc1cccc(F)c1)C(=O)CN1CCN(C2CCOCC2)CC1. The van der Waals surface area contributed by atoms with Gasteiger partial charge in [0, 0.05) is 58.5 Å². The Labute approximate surface area is 155 Å². The minimum atomic E-state index is -0.254. The quantitative estimate of drug-likeness (QED) is 0.774. The zero-order chi connectivity index (χ0) is 18.4. The second-order valence-corrected chi connectivity index (χ2v) is 7.19. The molecule has 2 aliphatic rings. The predicted octanol–water partition coefficient (Wildman–Crippen LogP) is 1.97. The Hall–Kier alpha value is -1.50. The van der Waals surface area contributed by atoms with Crippen molar-refractivity contribution in [1.29, 1.82) is 0 Å². The summed E-state index contributed by atoms with van der Waals surface area (Å²) in [4.78, 5) is 19.3. The first-order chi connectivity index (χ1) is 12.7. The predicted molar refractivity (Wildman–Crippen MR) is 99.3 cm³/mol. The van der Waals surface area contributed by atoms with E-state index in [0.717, 1.165) is 57.8 Å². The highest BCUT2D eigenvalue weighted by molar-refractivity contribution is 5.78. The van der Waals surface area contributed by atoms with E-state index in [1.165, 1.54) is 12.1 Å². The van der Waals surface area contributed by atoms with E-state index in [-0.39, 0.29) is 11.7 Å². The maximum Gasteiger partial charge on any atom is 0.237 e. The van der Waals surface area contributed by atoms with Crippen molar-refractivity contribution in [2.75, 3.05) is 52.5 Å². The number of likely N-dealkylation sites (N-methyl/N-ethyl adjacent to an activating group) is 1. The normalized spacial score (nSPS) is 20.2. The summed E-state index contributed by atoms with van der Waals surface area (Å²) < 4.78 is 18.8. The van der Waals surface area contributed by atoms with Gasteiger partial charge in [-0.05, 0) is 37.5 Å². The van der Waals surface area contributed by atoms with Gasteiger partial charge in [0.05, 0.1) is 6.54 Å². The van der Waals surface area contributed by atoms with Crippen LogP contribution in [0, 0.1) is 5.82 Å². The van der Waals surface area contributed by atoms with Crippen LogP contribution in [0.2, 0.25) is 0 Å². The number of halogens is 1. The van der Waals surface area contributed by atoms with Gasteiger partial charge in [0.1, 0.15) is 5.82 Å². The molecule has 5 nitrogen and oxygen atoms in total. The molecule has 2 heterocycles. The minimum Gasteiger partial charge on any atom is -0.381 e. The molecule has 1 aromatic carbocycles. The van der Waals surface area contributed by atoms with Gasteiger partial charge in [0.2, 0.25) is 5.91 Å². The van der Waals surface area contributed by atoms with Crippen molar-refractivity contribution in [3.63, 3.8) is 0 Å². The second-order valence-electron chi connectivity index (χ2n) is 7.19. The molecule has 6 heteroatoms.